The Morgan fingerprint density at radius 2 is 2.36 bits per heavy atom. The van der Waals surface area contributed by atoms with Crippen LogP contribution in [0.25, 0.3) is 0 Å². The van der Waals surface area contributed by atoms with Gasteiger partial charge in [0.05, 0.1) is 18.8 Å². The highest BCUT2D eigenvalue weighted by molar-refractivity contribution is 8.00. The molecule has 0 bridgehead atoms. The van der Waals surface area contributed by atoms with Crippen molar-refractivity contribution in [1.29, 1.82) is 0 Å². The fourth-order valence-corrected chi connectivity index (χ4v) is 2.47. The van der Waals surface area contributed by atoms with Crippen molar-refractivity contribution in [3.05, 3.63) is 0 Å². The lowest BCUT2D eigenvalue weighted by Crippen LogP contribution is -2.33. The van der Waals surface area contributed by atoms with Crippen LogP contribution in [0.2, 0.25) is 0 Å². The predicted octanol–water partition coefficient (Wildman–Crippen LogP) is 0.561. The van der Waals surface area contributed by atoms with Crippen LogP contribution in [0.1, 0.15) is 19.3 Å². The summed E-state index contributed by atoms with van der Waals surface area (Å²) < 4.78 is 4.46. The average molecular weight is 217 g/mol. The molecular formula is C9H15NO3S. The summed E-state index contributed by atoms with van der Waals surface area (Å²) in [6.45, 7) is 0.378. The van der Waals surface area contributed by atoms with E-state index in [0.717, 1.165) is 18.6 Å². The smallest absolute Gasteiger partial charge is 0.307 e. The Hall–Kier alpha value is -0.710. The van der Waals surface area contributed by atoms with E-state index in [1.165, 1.54) is 7.11 Å². The minimum atomic E-state index is -0.288. The maximum Gasteiger partial charge on any atom is 0.307 e. The molecule has 1 rings (SSSR count). The Kier molecular flexibility index (Phi) is 4.79. The molecule has 0 aromatic rings. The van der Waals surface area contributed by atoms with E-state index in [-0.39, 0.29) is 23.5 Å². The van der Waals surface area contributed by atoms with E-state index in [9.17, 15) is 9.59 Å². The molecule has 1 heterocycles. The summed E-state index contributed by atoms with van der Waals surface area (Å²) in [5.41, 5.74) is 0. The van der Waals surface area contributed by atoms with E-state index in [4.69, 9.17) is 0 Å². The van der Waals surface area contributed by atoms with E-state index in [1.807, 2.05) is 0 Å². The molecule has 1 aliphatic rings. The molecule has 80 valence electrons. The molecule has 1 saturated heterocycles. The highest BCUT2D eigenvalue weighted by Crippen LogP contribution is 2.25. The lowest BCUT2D eigenvalue weighted by Gasteiger charge is -2.08. The van der Waals surface area contributed by atoms with Crippen molar-refractivity contribution < 1.29 is 14.3 Å². The number of carbonyl (C=O) groups excluding carboxylic acids is 2. The highest BCUT2D eigenvalue weighted by Gasteiger charge is 2.22. The number of ether oxygens (including phenoxy) is 1. The zero-order chi connectivity index (χ0) is 10.4. The normalized spacial score (nSPS) is 20.5. The van der Waals surface area contributed by atoms with E-state index in [1.54, 1.807) is 11.8 Å². The van der Waals surface area contributed by atoms with E-state index < -0.39 is 0 Å². The lowest BCUT2D eigenvalue weighted by molar-refractivity contribution is -0.140. The molecule has 0 aromatic carbocycles. The van der Waals surface area contributed by atoms with Crippen LogP contribution in [0.15, 0.2) is 0 Å². The first kappa shape index (κ1) is 11.4. The van der Waals surface area contributed by atoms with Crippen LogP contribution < -0.4 is 5.32 Å². The molecule has 5 heteroatoms. The Labute approximate surface area is 87.8 Å². The van der Waals surface area contributed by atoms with E-state index in [0.29, 0.717) is 6.54 Å². The standard InChI is InChI=1S/C9H15NO3S/c1-13-8(11)4-5-10-9(12)7-3-2-6-14-7/h7H,2-6H2,1H3,(H,10,12). The fourth-order valence-electron chi connectivity index (χ4n) is 1.29. The van der Waals surface area contributed by atoms with Crippen LogP contribution in [0.4, 0.5) is 0 Å². The number of thioether (sulfide) groups is 1. The van der Waals surface area contributed by atoms with Gasteiger partial charge in [-0.3, -0.25) is 9.59 Å². The summed E-state index contributed by atoms with van der Waals surface area (Å²) in [5.74, 6) is 0.829. The summed E-state index contributed by atoms with van der Waals surface area (Å²) in [7, 11) is 1.34. The van der Waals surface area contributed by atoms with Gasteiger partial charge in [-0.25, -0.2) is 0 Å². The third kappa shape index (κ3) is 3.57. The van der Waals surface area contributed by atoms with Gasteiger partial charge in [-0.05, 0) is 18.6 Å². The second-order valence-corrected chi connectivity index (χ2v) is 4.43. The van der Waals surface area contributed by atoms with Gasteiger partial charge < -0.3 is 10.1 Å². The van der Waals surface area contributed by atoms with Gasteiger partial charge in [-0.2, -0.15) is 0 Å². The number of esters is 1. The molecule has 1 unspecified atom stereocenters. The van der Waals surface area contributed by atoms with Crippen molar-refractivity contribution in [3.8, 4) is 0 Å². The molecule has 0 aromatic heterocycles. The molecule has 0 saturated carbocycles. The molecule has 1 atom stereocenters. The van der Waals surface area contributed by atoms with Gasteiger partial charge in [0.15, 0.2) is 0 Å². The first-order valence-electron chi connectivity index (χ1n) is 4.70. The van der Waals surface area contributed by atoms with Gasteiger partial charge in [0.2, 0.25) is 5.91 Å². The summed E-state index contributed by atoms with van der Waals surface area (Å²) in [6, 6.07) is 0. The second-order valence-electron chi connectivity index (χ2n) is 3.12. The van der Waals surface area contributed by atoms with Crippen molar-refractivity contribution in [2.24, 2.45) is 0 Å². The minimum Gasteiger partial charge on any atom is -0.469 e. The average Bonchev–Trinajstić information content (AvgIpc) is 2.70. The minimum absolute atomic E-state index is 0.0522. The van der Waals surface area contributed by atoms with Gasteiger partial charge in [0.25, 0.3) is 0 Å². The summed E-state index contributed by atoms with van der Waals surface area (Å²) in [4.78, 5) is 22.2. The Morgan fingerprint density at radius 3 is 2.93 bits per heavy atom. The van der Waals surface area contributed by atoms with Crippen molar-refractivity contribution in [3.63, 3.8) is 0 Å². The zero-order valence-electron chi connectivity index (χ0n) is 8.25. The molecular weight excluding hydrogens is 202 g/mol. The van der Waals surface area contributed by atoms with E-state index >= 15 is 0 Å². The van der Waals surface area contributed by atoms with Crippen molar-refractivity contribution in [2.75, 3.05) is 19.4 Å². The molecule has 0 radical (unpaired) electrons. The molecule has 1 N–H and O–H groups in total. The Balaban J connectivity index is 2.11. The monoisotopic (exact) mass is 217 g/mol. The Morgan fingerprint density at radius 1 is 1.57 bits per heavy atom. The first-order valence-corrected chi connectivity index (χ1v) is 5.75. The van der Waals surface area contributed by atoms with Crippen LogP contribution in [0.5, 0.6) is 0 Å². The maximum atomic E-state index is 11.4. The quantitative estimate of drug-likeness (QED) is 0.699. The van der Waals surface area contributed by atoms with Gasteiger partial charge in [-0.1, -0.05) is 0 Å². The maximum absolute atomic E-state index is 11.4. The SMILES string of the molecule is COC(=O)CCNC(=O)C1CCCS1. The van der Waals surface area contributed by atoms with Gasteiger partial charge in [0, 0.05) is 6.54 Å². The molecule has 4 nitrogen and oxygen atoms in total. The number of hydrogen-bond donors (Lipinski definition) is 1. The van der Waals surface area contributed by atoms with Gasteiger partial charge in [0.1, 0.15) is 0 Å². The largest absolute Gasteiger partial charge is 0.469 e. The molecule has 1 aliphatic heterocycles. The third-order valence-corrected chi connectivity index (χ3v) is 3.45. The van der Waals surface area contributed by atoms with Crippen LogP contribution >= 0.6 is 11.8 Å². The number of amides is 1. The van der Waals surface area contributed by atoms with E-state index in [2.05, 4.69) is 10.1 Å². The second kappa shape index (κ2) is 5.90. The van der Waals surface area contributed by atoms with Crippen LogP contribution in [-0.2, 0) is 14.3 Å². The zero-order valence-corrected chi connectivity index (χ0v) is 9.06. The topological polar surface area (TPSA) is 55.4 Å². The molecule has 14 heavy (non-hydrogen) atoms. The van der Waals surface area contributed by atoms with Crippen molar-refractivity contribution in [2.45, 2.75) is 24.5 Å². The fraction of sp³-hybridized carbons (Fsp3) is 0.778. The van der Waals surface area contributed by atoms with Crippen LogP contribution in [0, 0.1) is 0 Å². The molecule has 0 aliphatic carbocycles. The number of hydrogen-bond acceptors (Lipinski definition) is 4. The van der Waals surface area contributed by atoms with Gasteiger partial charge in [-0.15, -0.1) is 11.8 Å². The summed E-state index contributed by atoms with van der Waals surface area (Å²) >= 11 is 1.69. The highest BCUT2D eigenvalue weighted by atomic mass is 32.2. The van der Waals surface area contributed by atoms with Crippen molar-refractivity contribution in [1.82, 2.24) is 5.32 Å². The van der Waals surface area contributed by atoms with Crippen molar-refractivity contribution >= 4 is 23.6 Å². The first-order chi connectivity index (χ1) is 6.74. The number of rotatable bonds is 4. The summed E-state index contributed by atoms with van der Waals surface area (Å²) in [6.07, 6.45) is 2.31. The number of methoxy groups -OCH3 is 1. The predicted molar refractivity (Wildman–Crippen MR) is 55.1 cm³/mol. The third-order valence-electron chi connectivity index (χ3n) is 2.08. The summed E-state index contributed by atoms with van der Waals surface area (Å²) in [5, 5.41) is 2.82. The Bertz CT molecular complexity index is 214. The van der Waals surface area contributed by atoms with Gasteiger partial charge >= 0.3 is 5.97 Å². The van der Waals surface area contributed by atoms with Crippen LogP contribution in [-0.4, -0.2) is 36.5 Å². The number of carbonyl (C=O) groups is 2. The van der Waals surface area contributed by atoms with Crippen LogP contribution in [0.3, 0.4) is 0 Å². The molecule has 1 fully saturated rings. The molecule has 0 spiro atoms. The lowest BCUT2D eigenvalue weighted by atomic mass is 10.2. The number of nitrogens with one attached hydrogen (secondary N) is 1. The molecule has 1 amide bonds.